The Labute approximate surface area is 85.8 Å². The van der Waals surface area contributed by atoms with E-state index in [9.17, 15) is 0 Å². The lowest BCUT2D eigenvalue weighted by atomic mass is 10.0. The fourth-order valence-corrected chi connectivity index (χ4v) is 1.44. The molecule has 1 rings (SSSR count). The van der Waals surface area contributed by atoms with Crippen molar-refractivity contribution in [1.29, 1.82) is 0 Å². The molecule has 0 aliphatic heterocycles. The van der Waals surface area contributed by atoms with Gasteiger partial charge in [-0.3, -0.25) is 0 Å². The Bertz CT molecular complexity index is 256. The van der Waals surface area contributed by atoms with Gasteiger partial charge in [0.25, 0.3) is 0 Å². The molecule has 1 aromatic rings. The Kier molecular flexibility index (Phi) is 4.47. The van der Waals surface area contributed by atoms with Crippen molar-refractivity contribution < 1.29 is 5.11 Å². The molecule has 1 aromatic carbocycles. The molecule has 0 bridgehead atoms. The van der Waals surface area contributed by atoms with Gasteiger partial charge in [0.2, 0.25) is 0 Å². The van der Waals surface area contributed by atoms with Gasteiger partial charge in [0.1, 0.15) is 5.75 Å². The Morgan fingerprint density at radius 1 is 1.29 bits per heavy atom. The van der Waals surface area contributed by atoms with E-state index in [1.807, 2.05) is 12.1 Å². The van der Waals surface area contributed by atoms with Crippen LogP contribution in [-0.4, -0.2) is 11.1 Å². The highest BCUT2D eigenvalue weighted by Gasteiger charge is 1.99. The molecule has 3 N–H and O–H groups in total. The van der Waals surface area contributed by atoms with E-state index < -0.39 is 0 Å². The topological polar surface area (TPSA) is 46.2 Å². The summed E-state index contributed by atoms with van der Waals surface area (Å²) >= 11 is 0. The van der Waals surface area contributed by atoms with E-state index in [2.05, 4.69) is 6.92 Å². The molecule has 0 aliphatic rings. The molecule has 2 nitrogen and oxygen atoms in total. The monoisotopic (exact) mass is 193 g/mol. The fraction of sp³-hybridized carbons (Fsp3) is 0.500. The Morgan fingerprint density at radius 3 is 2.50 bits per heavy atom. The molecule has 0 spiro atoms. The number of aromatic hydroxyl groups is 1. The fourth-order valence-electron chi connectivity index (χ4n) is 1.44. The second-order valence-corrected chi connectivity index (χ2v) is 3.73. The van der Waals surface area contributed by atoms with E-state index in [1.54, 1.807) is 12.1 Å². The first kappa shape index (κ1) is 11.1. The third kappa shape index (κ3) is 3.79. The lowest BCUT2D eigenvalue weighted by Crippen LogP contribution is -2.18. The lowest BCUT2D eigenvalue weighted by molar-refractivity contribution is 0.475. The number of aryl methyl sites for hydroxylation is 1. The highest BCUT2D eigenvalue weighted by molar-refractivity contribution is 5.25. The molecule has 1 atom stereocenters. The molecule has 0 fully saturated rings. The molecular formula is C12H19NO. The normalized spacial score (nSPS) is 12.7. The van der Waals surface area contributed by atoms with Gasteiger partial charge >= 0.3 is 0 Å². The molecule has 0 radical (unpaired) electrons. The first-order chi connectivity index (χ1) is 6.72. The van der Waals surface area contributed by atoms with E-state index >= 15 is 0 Å². The number of rotatable bonds is 5. The van der Waals surface area contributed by atoms with Gasteiger partial charge in [-0.15, -0.1) is 0 Å². The molecule has 78 valence electrons. The van der Waals surface area contributed by atoms with Crippen molar-refractivity contribution in [2.45, 2.75) is 38.6 Å². The molecule has 0 aliphatic carbocycles. The highest BCUT2D eigenvalue weighted by atomic mass is 16.3. The molecule has 0 amide bonds. The minimum Gasteiger partial charge on any atom is -0.508 e. The summed E-state index contributed by atoms with van der Waals surface area (Å²) in [6, 6.07) is 7.73. The van der Waals surface area contributed by atoms with Gasteiger partial charge in [0.15, 0.2) is 0 Å². The molecule has 0 heterocycles. The van der Waals surface area contributed by atoms with Crippen molar-refractivity contribution >= 4 is 0 Å². The van der Waals surface area contributed by atoms with Gasteiger partial charge in [-0.05, 0) is 43.4 Å². The molecule has 0 saturated carbocycles. The molecule has 1 unspecified atom stereocenters. The minimum absolute atomic E-state index is 0.332. The van der Waals surface area contributed by atoms with E-state index in [0.29, 0.717) is 11.8 Å². The predicted octanol–water partition coefficient (Wildman–Crippen LogP) is 2.45. The summed E-state index contributed by atoms with van der Waals surface area (Å²) in [7, 11) is 0. The minimum atomic E-state index is 0.332. The average Bonchev–Trinajstić information content (AvgIpc) is 2.21. The Morgan fingerprint density at radius 2 is 1.93 bits per heavy atom. The van der Waals surface area contributed by atoms with Crippen LogP contribution in [0, 0.1) is 0 Å². The van der Waals surface area contributed by atoms with Crippen molar-refractivity contribution in [3.63, 3.8) is 0 Å². The van der Waals surface area contributed by atoms with Crippen LogP contribution in [0.4, 0.5) is 0 Å². The van der Waals surface area contributed by atoms with E-state index in [1.165, 1.54) is 5.56 Å². The summed E-state index contributed by atoms with van der Waals surface area (Å²) < 4.78 is 0. The maximum Gasteiger partial charge on any atom is 0.115 e. The summed E-state index contributed by atoms with van der Waals surface area (Å²) in [5.74, 6) is 0.332. The van der Waals surface area contributed by atoms with E-state index in [-0.39, 0.29) is 0 Å². The van der Waals surface area contributed by atoms with Crippen molar-refractivity contribution in [3.8, 4) is 5.75 Å². The van der Waals surface area contributed by atoms with E-state index in [4.69, 9.17) is 10.8 Å². The molecule has 14 heavy (non-hydrogen) atoms. The van der Waals surface area contributed by atoms with Crippen LogP contribution in [0.5, 0.6) is 5.75 Å². The number of hydrogen-bond acceptors (Lipinski definition) is 2. The van der Waals surface area contributed by atoms with Gasteiger partial charge in [-0.1, -0.05) is 19.1 Å². The summed E-state index contributed by atoms with van der Waals surface area (Å²) in [6.07, 6.45) is 4.31. The molecular weight excluding hydrogens is 174 g/mol. The average molecular weight is 193 g/mol. The van der Waals surface area contributed by atoms with E-state index in [0.717, 1.165) is 25.7 Å². The first-order valence-electron chi connectivity index (χ1n) is 5.26. The standard InChI is InChI=1S/C12H19NO/c1-2-11(13)5-3-4-10-6-8-12(14)9-7-10/h6-9,11,14H,2-5,13H2,1H3. The van der Waals surface area contributed by atoms with Gasteiger partial charge in [0.05, 0.1) is 0 Å². The summed E-state index contributed by atoms with van der Waals surface area (Å²) in [5, 5.41) is 9.09. The molecule has 0 aromatic heterocycles. The summed E-state index contributed by atoms with van der Waals surface area (Å²) in [6.45, 7) is 2.12. The summed E-state index contributed by atoms with van der Waals surface area (Å²) in [5.41, 5.74) is 7.09. The number of benzene rings is 1. The van der Waals surface area contributed by atoms with Gasteiger partial charge in [-0.25, -0.2) is 0 Å². The number of nitrogens with two attached hydrogens (primary N) is 1. The van der Waals surface area contributed by atoms with Gasteiger partial charge in [0, 0.05) is 6.04 Å². The Hall–Kier alpha value is -1.02. The van der Waals surface area contributed by atoms with Crippen molar-refractivity contribution in [1.82, 2.24) is 0 Å². The smallest absolute Gasteiger partial charge is 0.115 e. The maximum atomic E-state index is 9.09. The number of hydrogen-bond donors (Lipinski definition) is 2. The largest absolute Gasteiger partial charge is 0.508 e. The second-order valence-electron chi connectivity index (χ2n) is 3.73. The quantitative estimate of drug-likeness (QED) is 0.754. The summed E-state index contributed by atoms with van der Waals surface area (Å²) in [4.78, 5) is 0. The second kappa shape index (κ2) is 5.66. The molecule has 2 heteroatoms. The van der Waals surface area contributed by atoms with Crippen LogP contribution in [0.1, 0.15) is 31.7 Å². The van der Waals surface area contributed by atoms with Crippen LogP contribution >= 0.6 is 0 Å². The third-order valence-corrected chi connectivity index (χ3v) is 2.50. The molecule has 0 saturated heterocycles. The first-order valence-corrected chi connectivity index (χ1v) is 5.26. The third-order valence-electron chi connectivity index (χ3n) is 2.50. The van der Waals surface area contributed by atoms with Gasteiger partial charge in [-0.2, -0.15) is 0 Å². The van der Waals surface area contributed by atoms with Gasteiger partial charge < -0.3 is 10.8 Å². The van der Waals surface area contributed by atoms with Crippen LogP contribution in [0.25, 0.3) is 0 Å². The number of phenols is 1. The van der Waals surface area contributed by atoms with Crippen LogP contribution < -0.4 is 5.73 Å². The highest BCUT2D eigenvalue weighted by Crippen LogP contribution is 2.12. The van der Waals surface area contributed by atoms with Crippen LogP contribution in [-0.2, 0) is 6.42 Å². The SMILES string of the molecule is CCC(N)CCCc1ccc(O)cc1. The zero-order valence-corrected chi connectivity index (χ0v) is 8.74. The zero-order chi connectivity index (χ0) is 10.4. The van der Waals surface area contributed by atoms with Crippen molar-refractivity contribution in [2.75, 3.05) is 0 Å². The van der Waals surface area contributed by atoms with Crippen molar-refractivity contribution in [3.05, 3.63) is 29.8 Å². The van der Waals surface area contributed by atoms with Crippen molar-refractivity contribution in [2.24, 2.45) is 5.73 Å². The maximum absolute atomic E-state index is 9.09. The number of phenolic OH excluding ortho intramolecular Hbond substituents is 1. The van der Waals surface area contributed by atoms with Crippen LogP contribution in [0.3, 0.4) is 0 Å². The zero-order valence-electron chi connectivity index (χ0n) is 8.74. The van der Waals surface area contributed by atoms with Crippen LogP contribution in [0.15, 0.2) is 24.3 Å². The lowest BCUT2D eigenvalue weighted by Gasteiger charge is -2.07. The van der Waals surface area contributed by atoms with Crippen LogP contribution in [0.2, 0.25) is 0 Å². The Balaban J connectivity index is 2.28. The predicted molar refractivity (Wildman–Crippen MR) is 59.3 cm³/mol.